The quantitative estimate of drug-likeness (QED) is 0.571. The van der Waals surface area contributed by atoms with Crippen molar-refractivity contribution in [3.05, 3.63) is 58.8 Å². The largest absolute Gasteiger partial charge is 0.480 e. The molecule has 0 spiro atoms. The molecule has 2 aromatic rings. The highest BCUT2D eigenvalue weighted by Gasteiger charge is 2.27. The van der Waals surface area contributed by atoms with E-state index in [2.05, 4.69) is 5.32 Å². The number of hydrogen-bond donors (Lipinski definition) is 3. The standard InChI is InChI=1S/C20H27N3O5/c1-13(2)11-16(18(24)25)21-17(19(26)27)12-22-9-10-23(20(22)28)14(3)15-7-5-4-6-8-15/h4-10,13-14,16-17,21H,11-12H2,1-3H3,(H,24,25)(H,26,27)/t14?,16-,17?/m0/s1. The van der Waals surface area contributed by atoms with Crippen molar-refractivity contribution in [2.45, 2.75) is 51.9 Å². The summed E-state index contributed by atoms with van der Waals surface area (Å²) >= 11 is 0. The summed E-state index contributed by atoms with van der Waals surface area (Å²) in [6.45, 7) is 5.45. The molecule has 2 unspecified atom stereocenters. The Morgan fingerprint density at radius 3 is 2.14 bits per heavy atom. The molecule has 0 fully saturated rings. The van der Waals surface area contributed by atoms with Crippen LogP contribution in [0.15, 0.2) is 47.5 Å². The topological polar surface area (TPSA) is 114 Å². The van der Waals surface area contributed by atoms with Crippen LogP contribution in [0.2, 0.25) is 0 Å². The van der Waals surface area contributed by atoms with Gasteiger partial charge in [-0.25, -0.2) is 4.79 Å². The lowest BCUT2D eigenvalue weighted by Gasteiger charge is -2.21. The van der Waals surface area contributed by atoms with Gasteiger partial charge < -0.3 is 10.2 Å². The third kappa shape index (κ3) is 5.32. The van der Waals surface area contributed by atoms with Gasteiger partial charge in [0.1, 0.15) is 12.1 Å². The first-order valence-corrected chi connectivity index (χ1v) is 9.24. The molecule has 3 N–H and O–H groups in total. The lowest BCUT2D eigenvalue weighted by atomic mass is 10.0. The van der Waals surface area contributed by atoms with Crippen LogP contribution in [0, 0.1) is 5.92 Å². The summed E-state index contributed by atoms with van der Waals surface area (Å²) in [7, 11) is 0. The first kappa shape index (κ1) is 21.4. The number of rotatable bonds is 10. The number of nitrogens with zero attached hydrogens (tertiary/aromatic N) is 2. The second-order valence-corrected chi connectivity index (χ2v) is 7.30. The third-order valence-corrected chi connectivity index (χ3v) is 4.66. The smallest absolute Gasteiger partial charge is 0.328 e. The number of hydrogen-bond acceptors (Lipinski definition) is 4. The van der Waals surface area contributed by atoms with Gasteiger partial charge in [0, 0.05) is 12.4 Å². The molecule has 3 atom stereocenters. The minimum absolute atomic E-state index is 0.0820. The second-order valence-electron chi connectivity index (χ2n) is 7.30. The van der Waals surface area contributed by atoms with Gasteiger partial charge in [0.15, 0.2) is 0 Å². The fourth-order valence-corrected chi connectivity index (χ4v) is 3.11. The van der Waals surface area contributed by atoms with Gasteiger partial charge in [-0.1, -0.05) is 44.2 Å². The summed E-state index contributed by atoms with van der Waals surface area (Å²) < 4.78 is 2.82. The van der Waals surface area contributed by atoms with Crippen LogP contribution in [-0.4, -0.2) is 43.4 Å². The maximum atomic E-state index is 12.7. The Kier molecular flexibility index (Phi) is 7.17. The van der Waals surface area contributed by atoms with Crippen LogP contribution >= 0.6 is 0 Å². The Morgan fingerprint density at radius 2 is 1.61 bits per heavy atom. The van der Waals surface area contributed by atoms with Crippen LogP contribution in [0.4, 0.5) is 0 Å². The highest BCUT2D eigenvalue weighted by atomic mass is 16.4. The number of carboxylic acids is 2. The van der Waals surface area contributed by atoms with Crippen molar-refractivity contribution in [3.63, 3.8) is 0 Å². The monoisotopic (exact) mass is 389 g/mol. The zero-order valence-electron chi connectivity index (χ0n) is 16.3. The molecule has 1 aromatic carbocycles. The fourth-order valence-electron chi connectivity index (χ4n) is 3.11. The Morgan fingerprint density at radius 1 is 1.00 bits per heavy atom. The fraction of sp³-hybridized carbons (Fsp3) is 0.450. The normalized spacial score (nSPS) is 14.6. The van der Waals surface area contributed by atoms with E-state index in [1.165, 1.54) is 15.3 Å². The average Bonchev–Trinajstić information content (AvgIpc) is 3.00. The minimum Gasteiger partial charge on any atom is -0.480 e. The van der Waals surface area contributed by atoms with E-state index in [4.69, 9.17) is 0 Å². The molecule has 0 saturated heterocycles. The molecule has 0 bridgehead atoms. The lowest BCUT2D eigenvalue weighted by Crippen LogP contribution is -2.50. The number of benzene rings is 1. The second kappa shape index (κ2) is 9.36. The van der Waals surface area contributed by atoms with Gasteiger partial charge in [-0.05, 0) is 24.8 Å². The Balaban J connectivity index is 2.20. The minimum atomic E-state index is -1.20. The van der Waals surface area contributed by atoms with Gasteiger partial charge in [-0.3, -0.25) is 24.0 Å². The van der Waals surface area contributed by atoms with Crippen LogP contribution in [0.3, 0.4) is 0 Å². The van der Waals surface area contributed by atoms with Gasteiger partial charge >= 0.3 is 17.6 Å². The molecule has 0 amide bonds. The van der Waals surface area contributed by atoms with Gasteiger partial charge in [-0.15, -0.1) is 0 Å². The molecule has 152 valence electrons. The zero-order valence-corrected chi connectivity index (χ0v) is 16.3. The van der Waals surface area contributed by atoms with E-state index in [1.807, 2.05) is 51.1 Å². The highest BCUT2D eigenvalue weighted by molar-refractivity contribution is 5.77. The number of aromatic nitrogens is 2. The van der Waals surface area contributed by atoms with E-state index >= 15 is 0 Å². The van der Waals surface area contributed by atoms with Crippen molar-refractivity contribution in [1.29, 1.82) is 0 Å². The van der Waals surface area contributed by atoms with E-state index < -0.39 is 24.0 Å². The summed E-state index contributed by atoms with van der Waals surface area (Å²) in [4.78, 5) is 35.8. The number of nitrogens with one attached hydrogen (secondary N) is 1. The van der Waals surface area contributed by atoms with E-state index in [-0.39, 0.29) is 24.2 Å². The van der Waals surface area contributed by atoms with Crippen molar-refractivity contribution in [2.24, 2.45) is 5.92 Å². The van der Waals surface area contributed by atoms with Gasteiger partial charge in [0.05, 0.1) is 12.6 Å². The summed E-state index contributed by atoms with van der Waals surface area (Å²) in [5.41, 5.74) is 0.610. The van der Waals surface area contributed by atoms with Crippen molar-refractivity contribution < 1.29 is 19.8 Å². The summed E-state index contributed by atoms with van der Waals surface area (Å²) in [6.07, 6.45) is 3.43. The van der Waals surface area contributed by atoms with Crippen molar-refractivity contribution >= 4 is 11.9 Å². The maximum Gasteiger partial charge on any atom is 0.328 e. The van der Waals surface area contributed by atoms with Crippen molar-refractivity contribution in [1.82, 2.24) is 14.5 Å². The molecule has 8 heteroatoms. The molecular formula is C20H27N3O5. The van der Waals surface area contributed by atoms with Gasteiger partial charge in [0.25, 0.3) is 0 Å². The molecule has 0 aliphatic rings. The molecule has 1 heterocycles. The van der Waals surface area contributed by atoms with E-state index in [0.29, 0.717) is 6.42 Å². The van der Waals surface area contributed by atoms with Crippen LogP contribution in [-0.2, 0) is 16.1 Å². The van der Waals surface area contributed by atoms with Crippen LogP contribution < -0.4 is 11.0 Å². The third-order valence-electron chi connectivity index (χ3n) is 4.66. The number of imidazole rings is 1. The molecular weight excluding hydrogens is 362 g/mol. The SMILES string of the molecule is CC(C)C[C@H](NC(Cn1ccn(C(C)c2ccccc2)c1=O)C(=O)O)C(=O)O. The first-order chi connectivity index (χ1) is 13.2. The first-order valence-electron chi connectivity index (χ1n) is 9.24. The van der Waals surface area contributed by atoms with E-state index in [9.17, 15) is 24.6 Å². The molecule has 8 nitrogen and oxygen atoms in total. The maximum absolute atomic E-state index is 12.7. The van der Waals surface area contributed by atoms with Crippen molar-refractivity contribution in [2.75, 3.05) is 0 Å². The molecule has 0 aliphatic carbocycles. The molecule has 1 aromatic heterocycles. The van der Waals surface area contributed by atoms with Crippen LogP contribution in [0.1, 0.15) is 38.8 Å². The summed E-state index contributed by atoms with van der Waals surface area (Å²) in [6, 6.07) is 7.10. The van der Waals surface area contributed by atoms with E-state index in [0.717, 1.165) is 5.56 Å². The van der Waals surface area contributed by atoms with Crippen molar-refractivity contribution in [3.8, 4) is 0 Å². The predicted octanol–water partition coefficient (Wildman–Crippen LogP) is 1.80. The number of aliphatic carboxylic acids is 2. The van der Waals surface area contributed by atoms with E-state index in [1.54, 1.807) is 6.20 Å². The average molecular weight is 389 g/mol. The summed E-state index contributed by atoms with van der Waals surface area (Å²) in [5, 5.41) is 21.5. The van der Waals surface area contributed by atoms with Gasteiger partial charge in [0.2, 0.25) is 0 Å². The molecule has 2 rings (SSSR count). The molecule has 0 radical (unpaired) electrons. The number of carboxylic acid groups (broad SMARTS) is 2. The summed E-state index contributed by atoms with van der Waals surface area (Å²) in [5.74, 6) is -2.23. The molecule has 0 aliphatic heterocycles. The predicted molar refractivity (Wildman–Crippen MR) is 104 cm³/mol. The Hall–Kier alpha value is -2.87. The van der Waals surface area contributed by atoms with Crippen LogP contribution in [0.5, 0.6) is 0 Å². The molecule has 0 saturated carbocycles. The molecule has 28 heavy (non-hydrogen) atoms. The Labute approximate surface area is 163 Å². The number of carbonyl (C=O) groups is 2. The highest BCUT2D eigenvalue weighted by Crippen LogP contribution is 2.15. The van der Waals surface area contributed by atoms with Crippen LogP contribution in [0.25, 0.3) is 0 Å². The Bertz CT molecular complexity index is 856. The van der Waals surface area contributed by atoms with Gasteiger partial charge in [-0.2, -0.15) is 0 Å². The lowest BCUT2D eigenvalue weighted by molar-refractivity contribution is -0.143. The zero-order chi connectivity index (χ0) is 20.8.